The number of non-ortho nitro benzene ring substituents is 1. The van der Waals surface area contributed by atoms with E-state index in [1.54, 1.807) is 6.07 Å². The standard InChI is InChI=1S/C13H9N5O3/c14-6-8-5-10(18(20)21)2-4-11(8)17-13(19)12-3-1-9(15)7-16-12/h1-5,7H,15H2,(H,17,19). The maximum absolute atomic E-state index is 12.0. The molecule has 8 heteroatoms. The van der Waals surface area contributed by atoms with Crippen LogP contribution in [0.15, 0.2) is 36.5 Å². The number of nitrogens with two attached hydrogens (primary N) is 1. The number of nitrogens with zero attached hydrogens (tertiary/aromatic N) is 3. The topological polar surface area (TPSA) is 135 Å². The fourth-order valence-electron chi connectivity index (χ4n) is 1.57. The second-order valence-electron chi connectivity index (χ2n) is 4.03. The average Bonchev–Trinajstić information content (AvgIpc) is 2.48. The molecule has 1 amide bonds. The SMILES string of the molecule is N#Cc1cc([N+](=O)[O-])ccc1NC(=O)c1ccc(N)cn1. The molecule has 0 radical (unpaired) electrons. The molecule has 0 saturated heterocycles. The third kappa shape index (κ3) is 3.10. The first kappa shape index (κ1) is 14.0. The summed E-state index contributed by atoms with van der Waals surface area (Å²) in [6.07, 6.45) is 1.33. The zero-order valence-corrected chi connectivity index (χ0v) is 10.6. The Balaban J connectivity index is 2.27. The summed E-state index contributed by atoms with van der Waals surface area (Å²) >= 11 is 0. The first-order valence-electron chi connectivity index (χ1n) is 5.72. The van der Waals surface area contributed by atoms with Crippen molar-refractivity contribution in [2.24, 2.45) is 0 Å². The molecule has 1 heterocycles. The van der Waals surface area contributed by atoms with Crippen molar-refractivity contribution in [3.05, 3.63) is 57.9 Å². The Morgan fingerprint density at radius 1 is 1.38 bits per heavy atom. The number of amides is 1. The molecule has 8 nitrogen and oxygen atoms in total. The molecule has 0 aliphatic carbocycles. The van der Waals surface area contributed by atoms with E-state index in [4.69, 9.17) is 11.0 Å². The summed E-state index contributed by atoms with van der Waals surface area (Å²) in [4.78, 5) is 25.8. The van der Waals surface area contributed by atoms with E-state index in [0.717, 1.165) is 6.07 Å². The van der Waals surface area contributed by atoms with Crippen LogP contribution in [-0.4, -0.2) is 15.8 Å². The quantitative estimate of drug-likeness (QED) is 0.650. The first-order valence-corrected chi connectivity index (χ1v) is 5.72. The monoisotopic (exact) mass is 283 g/mol. The van der Waals surface area contributed by atoms with Gasteiger partial charge in [0, 0.05) is 12.1 Å². The second kappa shape index (κ2) is 5.66. The van der Waals surface area contributed by atoms with Gasteiger partial charge in [0.1, 0.15) is 11.8 Å². The van der Waals surface area contributed by atoms with E-state index in [0.29, 0.717) is 5.69 Å². The summed E-state index contributed by atoms with van der Waals surface area (Å²) in [5.41, 5.74) is 5.94. The van der Waals surface area contributed by atoms with Crippen molar-refractivity contribution in [3.8, 4) is 6.07 Å². The van der Waals surface area contributed by atoms with Gasteiger partial charge in [-0.15, -0.1) is 0 Å². The number of nitro benzene ring substituents is 1. The predicted molar refractivity (Wildman–Crippen MR) is 74.4 cm³/mol. The van der Waals surface area contributed by atoms with E-state index in [1.807, 2.05) is 0 Å². The number of hydrogen-bond acceptors (Lipinski definition) is 6. The maximum Gasteiger partial charge on any atom is 0.274 e. The highest BCUT2D eigenvalue weighted by molar-refractivity contribution is 6.03. The zero-order valence-electron chi connectivity index (χ0n) is 10.6. The molecule has 0 spiro atoms. The molecule has 3 N–H and O–H groups in total. The molecule has 0 saturated carbocycles. The number of nitrogen functional groups attached to an aromatic ring is 1. The predicted octanol–water partition coefficient (Wildman–Crippen LogP) is 1.70. The lowest BCUT2D eigenvalue weighted by atomic mass is 10.1. The van der Waals surface area contributed by atoms with E-state index in [2.05, 4.69) is 10.3 Å². The minimum absolute atomic E-state index is 0.00649. The van der Waals surface area contributed by atoms with Gasteiger partial charge in [-0.3, -0.25) is 14.9 Å². The number of nitro groups is 1. The van der Waals surface area contributed by atoms with E-state index in [-0.39, 0.29) is 22.6 Å². The lowest BCUT2D eigenvalue weighted by Gasteiger charge is -2.06. The summed E-state index contributed by atoms with van der Waals surface area (Å²) in [5.74, 6) is -0.541. The van der Waals surface area contributed by atoms with Gasteiger partial charge >= 0.3 is 0 Å². The molecule has 21 heavy (non-hydrogen) atoms. The van der Waals surface area contributed by atoms with Gasteiger partial charge in [0.05, 0.1) is 28.1 Å². The Hall–Kier alpha value is -3.47. The number of benzene rings is 1. The molecule has 0 unspecified atom stereocenters. The molecule has 0 aliphatic rings. The number of carbonyl (C=O) groups is 1. The third-order valence-electron chi connectivity index (χ3n) is 2.60. The smallest absolute Gasteiger partial charge is 0.274 e. The Labute approximate surface area is 119 Å². The summed E-state index contributed by atoms with van der Waals surface area (Å²) in [5, 5.41) is 22.1. The van der Waals surface area contributed by atoms with Crippen LogP contribution in [0.2, 0.25) is 0 Å². The number of aromatic nitrogens is 1. The van der Waals surface area contributed by atoms with Gasteiger partial charge in [-0.05, 0) is 18.2 Å². The highest BCUT2D eigenvalue weighted by atomic mass is 16.6. The normalized spacial score (nSPS) is 9.67. The number of nitriles is 1. The van der Waals surface area contributed by atoms with Crippen LogP contribution in [-0.2, 0) is 0 Å². The van der Waals surface area contributed by atoms with Gasteiger partial charge in [-0.1, -0.05) is 0 Å². The Morgan fingerprint density at radius 2 is 2.14 bits per heavy atom. The highest BCUT2D eigenvalue weighted by Crippen LogP contribution is 2.21. The molecule has 1 aromatic heterocycles. The fraction of sp³-hybridized carbons (Fsp3) is 0. The second-order valence-corrected chi connectivity index (χ2v) is 4.03. The van der Waals surface area contributed by atoms with Crippen molar-refractivity contribution in [2.75, 3.05) is 11.1 Å². The van der Waals surface area contributed by atoms with Gasteiger partial charge in [0.25, 0.3) is 11.6 Å². The van der Waals surface area contributed by atoms with Crippen LogP contribution in [0.3, 0.4) is 0 Å². The third-order valence-corrected chi connectivity index (χ3v) is 2.60. The molecule has 0 fully saturated rings. The summed E-state index contributed by atoms with van der Waals surface area (Å²) in [6, 6.07) is 8.33. The summed E-state index contributed by atoms with van der Waals surface area (Å²) < 4.78 is 0. The van der Waals surface area contributed by atoms with Crippen molar-refractivity contribution >= 4 is 23.0 Å². The number of pyridine rings is 1. The molecule has 2 aromatic rings. The van der Waals surface area contributed by atoms with Crippen LogP contribution in [0.5, 0.6) is 0 Å². The number of anilines is 2. The molecule has 0 atom stereocenters. The van der Waals surface area contributed by atoms with Gasteiger partial charge < -0.3 is 11.1 Å². The van der Waals surface area contributed by atoms with Crippen LogP contribution in [0.1, 0.15) is 16.1 Å². The van der Waals surface area contributed by atoms with Crippen molar-refractivity contribution in [1.82, 2.24) is 4.98 Å². The molecule has 1 aromatic carbocycles. The summed E-state index contributed by atoms with van der Waals surface area (Å²) in [6.45, 7) is 0. The Morgan fingerprint density at radius 3 is 2.71 bits per heavy atom. The van der Waals surface area contributed by atoms with Gasteiger partial charge in [-0.25, -0.2) is 4.98 Å². The largest absolute Gasteiger partial charge is 0.397 e. The van der Waals surface area contributed by atoms with Gasteiger partial charge in [0.2, 0.25) is 0 Å². The van der Waals surface area contributed by atoms with Crippen LogP contribution in [0, 0.1) is 21.4 Å². The van der Waals surface area contributed by atoms with Gasteiger partial charge in [-0.2, -0.15) is 5.26 Å². The minimum atomic E-state index is -0.617. The number of carbonyl (C=O) groups excluding carboxylic acids is 1. The maximum atomic E-state index is 12.0. The molecular formula is C13H9N5O3. The first-order chi connectivity index (χ1) is 10.0. The van der Waals surface area contributed by atoms with Crippen LogP contribution in [0.4, 0.5) is 17.1 Å². The summed E-state index contributed by atoms with van der Waals surface area (Å²) in [7, 11) is 0. The van der Waals surface area contributed by atoms with E-state index < -0.39 is 10.8 Å². The van der Waals surface area contributed by atoms with E-state index >= 15 is 0 Å². The lowest BCUT2D eigenvalue weighted by molar-refractivity contribution is -0.384. The van der Waals surface area contributed by atoms with Crippen LogP contribution >= 0.6 is 0 Å². The Bertz CT molecular complexity index is 749. The fourth-order valence-corrected chi connectivity index (χ4v) is 1.57. The average molecular weight is 283 g/mol. The zero-order chi connectivity index (χ0) is 15.4. The lowest BCUT2D eigenvalue weighted by Crippen LogP contribution is -2.14. The number of rotatable bonds is 3. The van der Waals surface area contributed by atoms with Crippen LogP contribution < -0.4 is 11.1 Å². The van der Waals surface area contributed by atoms with Gasteiger partial charge in [0.15, 0.2) is 0 Å². The van der Waals surface area contributed by atoms with E-state index in [1.165, 1.54) is 30.5 Å². The molecule has 104 valence electrons. The molecule has 2 rings (SSSR count). The van der Waals surface area contributed by atoms with E-state index in [9.17, 15) is 14.9 Å². The Kier molecular flexibility index (Phi) is 3.76. The molecular weight excluding hydrogens is 274 g/mol. The van der Waals surface area contributed by atoms with Crippen molar-refractivity contribution in [1.29, 1.82) is 5.26 Å². The minimum Gasteiger partial charge on any atom is -0.397 e. The number of nitrogens with one attached hydrogen (secondary N) is 1. The highest BCUT2D eigenvalue weighted by Gasteiger charge is 2.14. The van der Waals surface area contributed by atoms with Crippen LogP contribution in [0.25, 0.3) is 0 Å². The molecule has 0 aliphatic heterocycles. The number of hydrogen-bond donors (Lipinski definition) is 2. The van der Waals surface area contributed by atoms with Crippen molar-refractivity contribution < 1.29 is 9.72 Å². The molecule has 0 bridgehead atoms. The van der Waals surface area contributed by atoms with Crippen molar-refractivity contribution in [3.63, 3.8) is 0 Å². The van der Waals surface area contributed by atoms with Crippen molar-refractivity contribution in [2.45, 2.75) is 0 Å².